The molecule has 0 unspecified atom stereocenters. The fraction of sp³-hybridized carbons (Fsp3) is 0. The van der Waals surface area contributed by atoms with Gasteiger partial charge in [0.2, 0.25) is 0 Å². The van der Waals surface area contributed by atoms with Crippen molar-refractivity contribution in [1.29, 1.82) is 0 Å². The van der Waals surface area contributed by atoms with E-state index in [0.717, 1.165) is 24.3 Å². The van der Waals surface area contributed by atoms with E-state index in [-0.39, 0.29) is 20.6 Å². The summed E-state index contributed by atoms with van der Waals surface area (Å²) in [6.07, 6.45) is 0. The molecule has 2 aromatic rings. The van der Waals surface area contributed by atoms with Crippen LogP contribution in [-0.4, -0.2) is 0 Å². The molecule has 2 rings (SSSR count). The standard InChI is InChI=1S/C12H5BrClF3/c13-6-3-10(16)12(11(17)4-6)8-5-7(15)1-2-9(8)14/h1-5H. The predicted octanol–water partition coefficient (Wildman–Crippen LogP) is 5.19. The highest BCUT2D eigenvalue weighted by Gasteiger charge is 2.16. The van der Waals surface area contributed by atoms with Gasteiger partial charge in [-0.15, -0.1) is 0 Å². The highest BCUT2D eigenvalue weighted by Crippen LogP contribution is 2.34. The lowest BCUT2D eigenvalue weighted by molar-refractivity contribution is 0.587. The van der Waals surface area contributed by atoms with Gasteiger partial charge in [-0.3, -0.25) is 0 Å². The van der Waals surface area contributed by atoms with E-state index < -0.39 is 17.5 Å². The van der Waals surface area contributed by atoms with Crippen molar-refractivity contribution < 1.29 is 13.2 Å². The van der Waals surface area contributed by atoms with Gasteiger partial charge in [-0.2, -0.15) is 0 Å². The molecule has 88 valence electrons. The van der Waals surface area contributed by atoms with Gasteiger partial charge in [-0.05, 0) is 30.3 Å². The first-order chi connectivity index (χ1) is 7.99. The molecule has 2 aromatic carbocycles. The molecule has 0 N–H and O–H groups in total. The van der Waals surface area contributed by atoms with Gasteiger partial charge in [0.05, 0.1) is 5.56 Å². The van der Waals surface area contributed by atoms with Crippen LogP contribution < -0.4 is 0 Å². The van der Waals surface area contributed by atoms with Gasteiger partial charge in [0.25, 0.3) is 0 Å². The third-order valence-corrected chi connectivity index (χ3v) is 2.99. The molecular weight excluding hydrogens is 316 g/mol. The predicted molar refractivity (Wildman–Crippen MR) is 64.5 cm³/mol. The minimum atomic E-state index is -0.802. The zero-order valence-electron chi connectivity index (χ0n) is 8.28. The van der Waals surface area contributed by atoms with Crippen molar-refractivity contribution in [2.24, 2.45) is 0 Å². The Morgan fingerprint density at radius 1 is 0.941 bits per heavy atom. The van der Waals surface area contributed by atoms with Crippen LogP contribution in [0.1, 0.15) is 0 Å². The van der Waals surface area contributed by atoms with Crippen LogP contribution in [-0.2, 0) is 0 Å². The topological polar surface area (TPSA) is 0 Å². The fourth-order valence-electron chi connectivity index (χ4n) is 1.49. The summed E-state index contributed by atoms with van der Waals surface area (Å²) < 4.78 is 40.6. The first-order valence-electron chi connectivity index (χ1n) is 4.59. The average Bonchev–Trinajstić information content (AvgIpc) is 2.21. The second-order valence-electron chi connectivity index (χ2n) is 3.37. The van der Waals surface area contributed by atoms with Gasteiger partial charge in [0, 0.05) is 15.1 Å². The molecule has 0 aromatic heterocycles. The van der Waals surface area contributed by atoms with Crippen LogP contribution in [0.3, 0.4) is 0 Å². The SMILES string of the molecule is Fc1ccc(Cl)c(-c2c(F)cc(Br)cc2F)c1. The van der Waals surface area contributed by atoms with E-state index in [9.17, 15) is 13.2 Å². The summed E-state index contributed by atoms with van der Waals surface area (Å²) in [6, 6.07) is 5.57. The average molecular weight is 322 g/mol. The Hall–Kier alpha value is -1.00. The Kier molecular flexibility index (Phi) is 3.45. The first kappa shape index (κ1) is 12.5. The summed E-state index contributed by atoms with van der Waals surface area (Å²) in [4.78, 5) is 0. The van der Waals surface area contributed by atoms with E-state index in [1.807, 2.05) is 0 Å². The minimum Gasteiger partial charge on any atom is -0.207 e. The Balaban J connectivity index is 2.72. The van der Waals surface area contributed by atoms with Crippen LogP contribution in [0.2, 0.25) is 5.02 Å². The van der Waals surface area contributed by atoms with Crippen LogP contribution in [0.4, 0.5) is 13.2 Å². The molecule has 0 heterocycles. The molecule has 0 radical (unpaired) electrons. The minimum absolute atomic E-state index is 0.00540. The Morgan fingerprint density at radius 2 is 1.53 bits per heavy atom. The highest BCUT2D eigenvalue weighted by molar-refractivity contribution is 9.10. The van der Waals surface area contributed by atoms with Gasteiger partial charge in [-0.25, -0.2) is 13.2 Å². The van der Waals surface area contributed by atoms with Crippen LogP contribution in [0, 0.1) is 17.5 Å². The number of rotatable bonds is 1. The zero-order valence-corrected chi connectivity index (χ0v) is 10.6. The molecular formula is C12H5BrClF3. The second kappa shape index (κ2) is 4.70. The summed E-state index contributed by atoms with van der Waals surface area (Å²) in [5, 5.41) is 0.0894. The van der Waals surface area contributed by atoms with Crippen LogP contribution in [0.15, 0.2) is 34.8 Å². The van der Waals surface area contributed by atoms with E-state index in [1.165, 1.54) is 6.07 Å². The molecule has 0 amide bonds. The lowest BCUT2D eigenvalue weighted by Gasteiger charge is -2.08. The van der Waals surface area contributed by atoms with E-state index in [1.54, 1.807) is 0 Å². The summed E-state index contributed by atoms with van der Waals surface area (Å²) in [5.41, 5.74) is -0.341. The Bertz CT molecular complexity index is 561. The molecule has 17 heavy (non-hydrogen) atoms. The maximum absolute atomic E-state index is 13.7. The highest BCUT2D eigenvalue weighted by atomic mass is 79.9. The molecule has 0 saturated heterocycles. The van der Waals surface area contributed by atoms with Crippen molar-refractivity contribution in [2.75, 3.05) is 0 Å². The van der Waals surface area contributed by atoms with Gasteiger partial charge < -0.3 is 0 Å². The lowest BCUT2D eigenvalue weighted by Crippen LogP contribution is -1.92. The van der Waals surface area contributed by atoms with Crippen molar-refractivity contribution in [1.82, 2.24) is 0 Å². The number of halogens is 5. The van der Waals surface area contributed by atoms with Gasteiger partial charge in [-0.1, -0.05) is 27.5 Å². The Labute approximate surface area is 109 Å². The largest absolute Gasteiger partial charge is 0.207 e. The van der Waals surface area contributed by atoms with E-state index in [4.69, 9.17) is 11.6 Å². The lowest BCUT2D eigenvalue weighted by atomic mass is 10.0. The summed E-state index contributed by atoms with van der Waals surface area (Å²) in [7, 11) is 0. The van der Waals surface area contributed by atoms with Gasteiger partial charge >= 0.3 is 0 Å². The molecule has 0 aliphatic heterocycles. The molecule has 0 aliphatic carbocycles. The van der Waals surface area contributed by atoms with Crippen molar-refractivity contribution in [3.8, 4) is 11.1 Å². The third-order valence-electron chi connectivity index (χ3n) is 2.20. The normalized spacial score (nSPS) is 10.6. The maximum Gasteiger partial charge on any atom is 0.135 e. The Morgan fingerprint density at radius 3 is 2.12 bits per heavy atom. The first-order valence-corrected chi connectivity index (χ1v) is 5.76. The zero-order chi connectivity index (χ0) is 12.6. The maximum atomic E-state index is 13.7. The van der Waals surface area contributed by atoms with E-state index in [2.05, 4.69) is 15.9 Å². The third kappa shape index (κ3) is 2.48. The van der Waals surface area contributed by atoms with Crippen molar-refractivity contribution in [3.63, 3.8) is 0 Å². The van der Waals surface area contributed by atoms with Gasteiger partial charge in [0.15, 0.2) is 0 Å². The summed E-state index contributed by atoms with van der Waals surface area (Å²) in [5.74, 6) is -2.21. The van der Waals surface area contributed by atoms with Crippen LogP contribution >= 0.6 is 27.5 Å². The molecule has 5 heteroatoms. The quantitative estimate of drug-likeness (QED) is 0.678. The molecule has 0 saturated carbocycles. The monoisotopic (exact) mass is 320 g/mol. The number of hydrogen-bond donors (Lipinski definition) is 0. The van der Waals surface area contributed by atoms with Crippen molar-refractivity contribution >= 4 is 27.5 Å². The fourth-order valence-corrected chi connectivity index (χ4v) is 2.10. The number of benzene rings is 2. The number of hydrogen-bond acceptors (Lipinski definition) is 0. The van der Waals surface area contributed by atoms with Crippen molar-refractivity contribution in [3.05, 3.63) is 57.3 Å². The van der Waals surface area contributed by atoms with E-state index in [0.29, 0.717) is 0 Å². The van der Waals surface area contributed by atoms with Crippen LogP contribution in [0.25, 0.3) is 11.1 Å². The van der Waals surface area contributed by atoms with Crippen LogP contribution in [0.5, 0.6) is 0 Å². The molecule has 0 spiro atoms. The van der Waals surface area contributed by atoms with Crippen molar-refractivity contribution in [2.45, 2.75) is 0 Å². The molecule has 0 nitrogen and oxygen atoms in total. The second-order valence-corrected chi connectivity index (χ2v) is 4.69. The van der Waals surface area contributed by atoms with Gasteiger partial charge in [0.1, 0.15) is 17.5 Å². The molecule has 0 atom stereocenters. The summed E-state index contributed by atoms with van der Waals surface area (Å²) in [6.45, 7) is 0. The molecule has 0 bridgehead atoms. The smallest absolute Gasteiger partial charge is 0.135 e. The summed E-state index contributed by atoms with van der Waals surface area (Å²) >= 11 is 8.77. The molecule has 0 aliphatic rings. The van der Waals surface area contributed by atoms with E-state index >= 15 is 0 Å². The molecule has 0 fully saturated rings.